The number of carbonyl (C=O) groups is 1. The van der Waals surface area contributed by atoms with E-state index in [1.54, 1.807) is 6.20 Å². The van der Waals surface area contributed by atoms with Gasteiger partial charge in [-0.1, -0.05) is 31.1 Å². The summed E-state index contributed by atoms with van der Waals surface area (Å²) >= 11 is 0. The maximum absolute atomic E-state index is 11.9. The van der Waals surface area contributed by atoms with E-state index in [-0.39, 0.29) is 11.8 Å². The number of aromatic nitrogens is 1. The number of carbonyl (C=O) groups excluding carboxylic acids is 1. The third-order valence-corrected chi connectivity index (χ3v) is 3.65. The molecule has 4 nitrogen and oxygen atoms in total. The SMILES string of the molecule is Cc1ccc(OCC#CCNC(=O)C2CCCCC2)cn1. The highest BCUT2D eigenvalue weighted by Gasteiger charge is 2.19. The molecule has 1 fully saturated rings. The van der Waals surface area contributed by atoms with Crippen LogP contribution in [-0.2, 0) is 4.79 Å². The first-order valence-electron chi connectivity index (χ1n) is 7.54. The third-order valence-electron chi connectivity index (χ3n) is 3.65. The zero-order chi connectivity index (χ0) is 14.9. The summed E-state index contributed by atoms with van der Waals surface area (Å²) < 4.78 is 5.44. The first kappa shape index (κ1) is 15.4. The molecule has 21 heavy (non-hydrogen) atoms. The Morgan fingerprint density at radius 1 is 1.33 bits per heavy atom. The van der Waals surface area contributed by atoms with Crippen LogP contribution in [-0.4, -0.2) is 24.0 Å². The molecule has 0 bridgehead atoms. The molecular weight excluding hydrogens is 264 g/mol. The molecular formula is C17H22N2O2. The largest absolute Gasteiger partial charge is 0.479 e. The molecule has 0 radical (unpaired) electrons. The van der Waals surface area contributed by atoms with Gasteiger partial charge in [0.25, 0.3) is 0 Å². The lowest BCUT2D eigenvalue weighted by atomic mass is 9.89. The van der Waals surface area contributed by atoms with Crippen molar-refractivity contribution in [2.45, 2.75) is 39.0 Å². The van der Waals surface area contributed by atoms with Crippen LogP contribution >= 0.6 is 0 Å². The van der Waals surface area contributed by atoms with Crippen molar-refractivity contribution in [2.24, 2.45) is 5.92 Å². The molecule has 0 aliphatic heterocycles. The zero-order valence-corrected chi connectivity index (χ0v) is 12.5. The Balaban J connectivity index is 1.62. The molecule has 1 heterocycles. The highest BCUT2D eigenvalue weighted by molar-refractivity contribution is 5.78. The fraction of sp³-hybridized carbons (Fsp3) is 0.529. The van der Waals surface area contributed by atoms with Crippen molar-refractivity contribution in [3.63, 3.8) is 0 Å². The normalized spacial score (nSPS) is 14.9. The van der Waals surface area contributed by atoms with Crippen molar-refractivity contribution in [1.29, 1.82) is 0 Å². The smallest absolute Gasteiger partial charge is 0.223 e. The Labute approximate surface area is 126 Å². The molecule has 0 aromatic carbocycles. The standard InChI is InChI=1S/C17H22N2O2/c1-14-9-10-16(13-19-14)21-12-6-5-11-18-17(20)15-7-3-2-4-8-15/h9-10,13,15H,2-4,7-8,11-12H2,1H3,(H,18,20). The summed E-state index contributed by atoms with van der Waals surface area (Å²) in [6.45, 7) is 2.63. The van der Waals surface area contributed by atoms with Gasteiger partial charge in [-0.3, -0.25) is 9.78 Å². The van der Waals surface area contributed by atoms with Crippen LogP contribution in [0.1, 0.15) is 37.8 Å². The molecule has 1 aliphatic carbocycles. The number of hydrogen-bond donors (Lipinski definition) is 1. The number of aryl methyl sites for hydroxylation is 1. The molecule has 2 rings (SSSR count). The van der Waals surface area contributed by atoms with Gasteiger partial charge >= 0.3 is 0 Å². The first-order valence-corrected chi connectivity index (χ1v) is 7.54. The fourth-order valence-electron chi connectivity index (χ4n) is 2.41. The monoisotopic (exact) mass is 286 g/mol. The average molecular weight is 286 g/mol. The second kappa shape index (κ2) is 8.31. The van der Waals surface area contributed by atoms with Crippen LogP contribution < -0.4 is 10.1 Å². The minimum atomic E-state index is 0.146. The lowest BCUT2D eigenvalue weighted by Crippen LogP contribution is -2.32. The Bertz CT molecular complexity index is 508. The summed E-state index contributed by atoms with van der Waals surface area (Å²) in [7, 11) is 0. The van der Waals surface area contributed by atoms with E-state index < -0.39 is 0 Å². The quantitative estimate of drug-likeness (QED) is 0.865. The molecule has 0 unspecified atom stereocenters. The molecule has 1 amide bonds. The lowest BCUT2D eigenvalue weighted by molar-refractivity contribution is -0.125. The van der Waals surface area contributed by atoms with Crippen molar-refractivity contribution < 1.29 is 9.53 Å². The van der Waals surface area contributed by atoms with Crippen molar-refractivity contribution in [1.82, 2.24) is 10.3 Å². The lowest BCUT2D eigenvalue weighted by Gasteiger charge is -2.19. The summed E-state index contributed by atoms with van der Waals surface area (Å²) in [6.07, 6.45) is 7.31. The highest BCUT2D eigenvalue weighted by Crippen LogP contribution is 2.23. The predicted molar refractivity (Wildman–Crippen MR) is 81.8 cm³/mol. The van der Waals surface area contributed by atoms with Gasteiger partial charge in [-0.25, -0.2) is 0 Å². The second-order valence-electron chi connectivity index (χ2n) is 5.33. The third kappa shape index (κ3) is 5.47. The van der Waals surface area contributed by atoms with E-state index in [1.807, 2.05) is 19.1 Å². The van der Waals surface area contributed by atoms with Crippen molar-refractivity contribution >= 4 is 5.91 Å². The van der Waals surface area contributed by atoms with Gasteiger partial charge in [-0.15, -0.1) is 0 Å². The highest BCUT2D eigenvalue weighted by atomic mass is 16.5. The second-order valence-corrected chi connectivity index (χ2v) is 5.33. The van der Waals surface area contributed by atoms with Gasteiger partial charge in [0.05, 0.1) is 12.7 Å². The molecule has 0 atom stereocenters. The van der Waals surface area contributed by atoms with E-state index >= 15 is 0 Å². The van der Waals surface area contributed by atoms with Crippen LogP contribution in [0.4, 0.5) is 0 Å². The van der Waals surface area contributed by atoms with Crippen LogP contribution in [0.3, 0.4) is 0 Å². The maximum atomic E-state index is 11.9. The number of nitrogens with zero attached hydrogens (tertiary/aromatic N) is 1. The number of amides is 1. The zero-order valence-electron chi connectivity index (χ0n) is 12.5. The maximum Gasteiger partial charge on any atom is 0.223 e. The van der Waals surface area contributed by atoms with E-state index in [4.69, 9.17) is 4.74 Å². The van der Waals surface area contributed by atoms with E-state index in [0.29, 0.717) is 18.9 Å². The Morgan fingerprint density at radius 2 is 2.14 bits per heavy atom. The van der Waals surface area contributed by atoms with Crippen LogP contribution in [0.15, 0.2) is 18.3 Å². The molecule has 4 heteroatoms. The van der Waals surface area contributed by atoms with Crippen molar-refractivity contribution in [2.75, 3.05) is 13.2 Å². The minimum absolute atomic E-state index is 0.146. The molecule has 112 valence electrons. The van der Waals surface area contributed by atoms with E-state index in [0.717, 1.165) is 18.5 Å². The van der Waals surface area contributed by atoms with Crippen LogP contribution in [0.2, 0.25) is 0 Å². The number of nitrogens with one attached hydrogen (secondary N) is 1. The summed E-state index contributed by atoms with van der Waals surface area (Å²) in [5.41, 5.74) is 0.957. The van der Waals surface area contributed by atoms with Gasteiger partial charge in [0.2, 0.25) is 5.91 Å². The van der Waals surface area contributed by atoms with Gasteiger partial charge in [0.15, 0.2) is 0 Å². The molecule has 1 saturated carbocycles. The molecule has 0 saturated heterocycles. The number of ether oxygens (including phenoxy) is 1. The topological polar surface area (TPSA) is 51.2 Å². The Hall–Kier alpha value is -2.02. The summed E-state index contributed by atoms with van der Waals surface area (Å²) in [6, 6.07) is 3.77. The summed E-state index contributed by atoms with van der Waals surface area (Å²) in [4.78, 5) is 16.0. The van der Waals surface area contributed by atoms with Crippen LogP contribution in [0.5, 0.6) is 5.75 Å². The molecule has 1 N–H and O–H groups in total. The van der Waals surface area contributed by atoms with Crippen molar-refractivity contribution in [3.8, 4) is 17.6 Å². The first-order chi connectivity index (χ1) is 10.3. The Morgan fingerprint density at radius 3 is 2.86 bits per heavy atom. The Kier molecular flexibility index (Phi) is 6.08. The van der Waals surface area contributed by atoms with Gasteiger partial charge in [0, 0.05) is 11.6 Å². The molecule has 0 spiro atoms. The molecule has 1 aliphatic rings. The molecule has 1 aromatic heterocycles. The van der Waals surface area contributed by atoms with Gasteiger partial charge < -0.3 is 10.1 Å². The predicted octanol–water partition coefficient (Wildman–Crippen LogP) is 2.47. The van der Waals surface area contributed by atoms with Crippen LogP contribution in [0, 0.1) is 24.7 Å². The minimum Gasteiger partial charge on any atom is -0.479 e. The van der Waals surface area contributed by atoms with Gasteiger partial charge in [-0.2, -0.15) is 0 Å². The number of rotatable bonds is 4. The van der Waals surface area contributed by atoms with Gasteiger partial charge in [0.1, 0.15) is 12.4 Å². The number of hydrogen-bond acceptors (Lipinski definition) is 3. The molecule has 1 aromatic rings. The average Bonchev–Trinajstić information content (AvgIpc) is 2.53. The summed E-state index contributed by atoms with van der Waals surface area (Å²) in [5.74, 6) is 6.85. The van der Waals surface area contributed by atoms with Crippen LogP contribution in [0.25, 0.3) is 0 Å². The number of pyridine rings is 1. The van der Waals surface area contributed by atoms with E-state index in [1.165, 1.54) is 19.3 Å². The fourth-order valence-corrected chi connectivity index (χ4v) is 2.41. The van der Waals surface area contributed by atoms with E-state index in [9.17, 15) is 4.79 Å². The summed E-state index contributed by atoms with van der Waals surface area (Å²) in [5, 5.41) is 2.88. The van der Waals surface area contributed by atoms with Gasteiger partial charge in [-0.05, 0) is 31.9 Å². The van der Waals surface area contributed by atoms with Crippen molar-refractivity contribution in [3.05, 3.63) is 24.0 Å². The van der Waals surface area contributed by atoms with E-state index in [2.05, 4.69) is 22.1 Å².